The maximum absolute atomic E-state index is 12.3. The van der Waals surface area contributed by atoms with Crippen molar-refractivity contribution in [3.63, 3.8) is 0 Å². The first-order valence-electron chi connectivity index (χ1n) is 6.13. The van der Waals surface area contributed by atoms with Crippen LogP contribution in [0.3, 0.4) is 0 Å². The highest BCUT2D eigenvalue weighted by atomic mass is 32.1. The molecule has 110 valence electrons. The minimum Gasteiger partial charge on any atom is -0.490 e. The number of methoxy groups -OCH3 is 1. The van der Waals surface area contributed by atoms with E-state index < -0.39 is 4.92 Å². The SMILES string of the molecule is COc1ccc(C(=O)N(C)Cc2cccs2)cc1[N+](=O)[O-]. The highest BCUT2D eigenvalue weighted by Gasteiger charge is 2.20. The predicted molar refractivity (Wildman–Crippen MR) is 79.8 cm³/mol. The number of carbonyl (C=O) groups excluding carboxylic acids is 1. The molecule has 0 unspecified atom stereocenters. The minimum atomic E-state index is -0.561. The van der Waals surface area contributed by atoms with Crippen molar-refractivity contribution < 1.29 is 14.5 Å². The van der Waals surface area contributed by atoms with E-state index in [9.17, 15) is 14.9 Å². The van der Waals surface area contributed by atoms with Gasteiger partial charge >= 0.3 is 5.69 Å². The van der Waals surface area contributed by atoms with Crippen molar-refractivity contribution in [1.82, 2.24) is 4.90 Å². The predicted octanol–water partition coefficient (Wildman–Crippen LogP) is 2.94. The first-order valence-corrected chi connectivity index (χ1v) is 7.01. The highest BCUT2D eigenvalue weighted by Crippen LogP contribution is 2.28. The summed E-state index contributed by atoms with van der Waals surface area (Å²) in [6, 6.07) is 8.05. The molecule has 0 N–H and O–H groups in total. The van der Waals surface area contributed by atoms with Crippen LogP contribution in [0.1, 0.15) is 15.2 Å². The summed E-state index contributed by atoms with van der Waals surface area (Å²) < 4.78 is 4.92. The van der Waals surface area contributed by atoms with Gasteiger partial charge in [0.2, 0.25) is 0 Å². The molecule has 0 aliphatic rings. The molecule has 21 heavy (non-hydrogen) atoms. The molecular formula is C14H14N2O4S. The Morgan fingerprint density at radius 2 is 2.19 bits per heavy atom. The molecule has 1 amide bonds. The van der Waals surface area contributed by atoms with Crippen molar-refractivity contribution >= 4 is 22.9 Å². The second-order valence-corrected chi connectivity index (χ2v) is 5.42. The number of thiophene rings is 1. The largest absolute Gasteiger partial charge is 0.490 e. The lowest BCUT2D eigenvalue weighted by Crippen LogP contribution is -2.25. The molecule has 1 aromatic carbocycles. The Bertz CT molecular complexity index is 655. The normalized spacial score (nSPS) is 10.2. The lowest BCUT2D eigenvalue weighted by molar-refractivity contribution is -0.385. The summed E-state index contributed by atoms with van der Waals surface area (Å²) in [5.74, 6) is -0.133. The Hall–Kier alpha value is -2.41. The summed E-state index contributed by atoms with van der Waals surface area (Å²) in [4.78, 5) is 25.3. The molecule has 0 radical (unpaired) electrons. The van der Waals surface area contributed by atoms with Gasteiger partial charge in [-0.05, 0) is 23.6 Å². The van der Waals surface area contributed by atoms with Gasteiger partial charge in [-0.3, -0.25) is 14.9 Å². The molecule has 0 saturated carbocycles. The molecule has 1 heterocycles. The van der Waals surface area contributed by atoms with E-state index in [1.807, 2.05) is 17.5 Å². The fourth-order valence-electron chi connectivity index (χ4n) is 1.89. The monoisotopic (exact) mass is 306 g/mol. The van der Waals surface area contributed by atoms with Gasteiger partial charge in [-0.15, -0.1) is 11.3 Å². The Morgan fingerprint density at radius 3 is 2.76 bits per heavy atom. The Morgan fingerprint density at radius 1 is 1.43 bits per heavy atom. The highest BCUT2D eigenvalue weighted by molar-refractivity contribution is 7.09. The summed E-state index contributed by atoms with van der Waals surface area (Å²) in [6.45, 7) is 0.469. The minimum absolute atomic E-state index is 0.137. The summed E-state index contributed by atoms with van der Waals surface area (Å²) >= 11 is 1.56. The van der Waals surface area contributed by atoms with Crippen LogP contribution in [0.4, 0.5) is 5.69 Å². The average Bonchev–Trinajstić information content (AvgIpc) is 2.98. The number of nitrogens with zero attached hydrogens (tertiary/aromatic N) is 2. The van der Waals surface area contributed by atoms with Gasteiger partial charge < -0.3 is 9.64 Å². The zero-order valence-electron chi connectivity index (χ0n) is 11.6. The lowest BCUT2D eigenvalue weighted by atomic mass is 10.1. The molecule has 0 atom stereocenters. The zero-order chi connectivity index (χ0) is 15.4. The number of nitro groups is 1. The number of benzene rings is 1. The quantitative estimate of drug-likeness (QED) is 0.629. The summed E-state index contributed by atoms with van der Waals surface area (Å²) in [7, 11) is 3.02. The van der Waals surface area contributed by atoms with E-state index in [1.54, 1.807) is 18.4 Å². The van der Waals surface area contributed by atoms with E-state index in [1.165, 1.54) is 30.2 Å². The average molecular weight is 306 g/mol. The van der Waals surface area contributed by atoms with E-state index >= 15 is 0 Å². The lowest BCUT2D eigenvalue weighted by Gasteiger charge is -2.16. The van der Waals surface area contributed by atoms with Crippen LogP contribution in [-0.4, -0.2) is 29.9 Å². The molecule has 0 saturated heterocycles. The Kier molecular flexibility index (Phi) is 4.54. The van der Waals surface area contributed by atoms with E-state index in [2.05, 4.69) is 0 Å². The van der Waals surface area contributed by atoms with Crippen LogP contribution in [0.25, 0.3) is 0 Å². The van der Waals surface area contributed by atoms with Gasteiger partial charge in [0, 0.05) is 23.6 Å². The summed E-state index contributed by atoms with van der Waals surface area (Å²) in [5.41, 5.74) is 0.0504. The van der Waals surface area contributed by atoms with Crippen molar-refractivity contribution in [2.45, 2.75) is 6.54 Å². The Labute approximate surface area is 125 Å². The van der Waals surface area contributed by atoms with Crippen LogP contribution in [-0.2, 0) is 6.54 Å². The molecule has 0 fully saturated rings. The van der Waals surface area contributed by atoms with E-state index in [4.69, 9.17) is 4.74 Å². The number of hydrogen-bond donors (Lipinski definition) is 0. The van der Waals surface area contributed by atoms with Gasteiger partial charge in [0.25, 0.3) is 5.91 Å². The maximum atomic E-state index is 12.3. The number of rotatable bonds is 5. The van der Waals surface area contributed by atoms with Crippen molar-refractivity contribution in [1.29, 1.82) is 0 Å². The molecule has 2 aromatic rings. The van der Waals surface area contributed by atoms with Gasteiger partial charge in [0.05, 0.1) is 18.6 Å². The van der Waals surface area contributed by atoms with Gasteiger partial charge in [-0.2, -0.15) is 0 Å². The van der Waals surface area contributed by atoms with Crippen LogP contribution in [0.15, 0.2) is 35.7 Å². The first kappa shape index (κ1) is 15.0. The van der Waals surface area contributed by atoms with Crippen molar-refractivity contribution in [3.8, 4) is 5.75 Å². The number of nitro benzene ring substituents is 1. The van der Waals surface area contributed by atoms with Gasteiger partial charge in [0.1, 0.15) is 0 Å². The molecule has 6 nitrogen and oxygen atoms in total. The molecule has 2 rings (SSSR count). The third kappa shape index (κ3) is 3.38. The number of hydrogen-bond acceptors (Lipinski definition) is 5. The standard InChI is InChI=1S/C14H14N2O4S/c1-15(9-11-4-3-7-21-11)14(17)10-5-6-13(20-2)12(8-10)16(18)19/h3-8H,9H2,1-2H3. The van der Waals surface area contributed by atoms with E-state index in [0.29, 0.717) is 6.54 Å². The second-order valence-electron chi connectivity index (χ2n) is 4.38. The van der Waals surface area contributed by atoms with Crippen LogP contribution in [0, 0.1) is 10.1 Å². The maximum Gasteiger partial charge on any atom is 0.311 e. The van der Waals surface area contributed by atoms with E-state index in [0.717, 1.165) is 4.88 Å². The van der Waals surface area contributed by atoms with Gasteiger partial charge in [0.15, 0.2) is 5.75 Å². The smallest absolute Gasteiger partial charge is 0.311 e. The number of carbonyl (C=O) groups is 1. The summed E-state index contributed by atoms with van der Waals surface area (Å²) in [6.07, 6.45) is 0. The third-order valence-corrected chi connectivity index (χ3v) is 3.80. The van der Waals surface area contributed by atoms with Crippen LogP contribution in [0.2, 0.25) is 0 Å². The molecule has 7 heteroatoms. The molecule has 0 spiro atoms. The molecule has 0 aliphatic heterocycles. The van der Waals surface area contributed by atoms with Crippen LogP contribution >= 0.6 is 11.3 Å². The zero-order valence-corrected chi connectivity index (χ0v) is 12.4. The first-order chi connectivity index (χ1) is 10.0. The number of ether oxygens (including phenoxy) is 1. The van der Waals surface area contributed by atoms with E-state index in [-0.39, 0.29) is 22.9 Å². The topological polar surface area (TPSA) is 72.7 Å². The number of amides is 1. The van der Waals surface area contributed by atoms with Crippen molar-refractivity contribution in [2.24, 2.45) is 0 Å². The van der Waals surface area contributed by atoms with Gasteiger partial charge in [-0.25, -0.2) is 0 Å². The molecule has 0 bridgehead atoms. The van der Waals surface area contributed by atoms with Crippen LogP contribution < -0.4 is 4.74 Å². The van der Waals surface area contributed by atoms with Crippen molar-refractivity contribution in [3.05, 3.63) is 56.3 Å². The van der Waals surface area contributed by atoms with Crippen LogP contribution in [0.5, 0.6) is 5.75 Å². The fraction of sp³-hybridized carbons (Fsp3) is 0.214. The molecule has 1 aromatic heterocycles. The summed E-state index contributed by atoms with van der Waals surface area (Å²) in [5, 5.41) is 12.9. The second kappa shape index (κ2) is 6.36. The van der Waals surface area contributed by atoms with Gasteiger partial charge in [-0.1, -0.05) is 6.07 Å². The molecular weight excluding hydrogens is 292 g/mol. The Balaban J connectivity index is 2.22. The van der Waals surface area contributed by atoms with Crippen molar-refractivity contribution in [2.75, 3.05) is 14.2 Å². The third-order valence-electron chi connectivity index (χ3n) is 2.94. The molecule has 0 aliphatic carbocycles. The fourth-order valence-corrected chi connectivity index (χ4v) is 2.65.